The van der Waals surface area contributed by atoms with Gasteiger partial charge in [0.1, 0.15) is 0 Å². The van der Waals surface area contributed by atoms with Crippen LogP contribution in [0.5, 0.6) is 0 Å². The molecule has 0 spiro atoms. The van der Waals surface area contributed by atoms with Gasteiger partial charge in [-0.15, -0.1) is 0 Å². The molecular formula is C15H14NO+. The molecule has 2 nitrogen and oxygen atoms in total. The quantitative estimate of drug-likeness (QED) is 0.678. The monoisotopic (exact) mass is 224 g/mol. The Bertz CT molecular complexity index is 545. The van der Waals surface area contributed by atoms with Gasteiger partial charge in [0.15, 0.2) is 17.9 Å². The van der Waals surface area contributed by atoms with Crippen LogP contribution >= 0.6 is 0 Å². The van der Waals surface area contributed by atoms with Crippen molar-refractivity contribution in [3.05, 3.63) is 65.5 Å². The topological polar surface area (TPSA) is 24.1 Å². The molecule has 0 saturated carbocycles. The molecule has 1 aromatic heterocycles. The lowest BCUT2D eigenvalue weighted by atomic mass is 9.72. The van der Waals surface area contributed by atoms with Gasteiger partial charge in [0.2, 0.25) is 0 Å². The molecule has 3 aliphatic rings. The van der Waals surface area contributed by atoms with Gasteiger partial charge in [-0.25, -0.2) is 0 Å². The van der Waals surface area contributed by atoms with Crippen molar-refractivity contribution in [2.75, 3.05) is 0 Å². The lowest BCUT2D eigenvalue weighted by molar-refractivity contribution is -0.732. The van der Waals surface area contributed by atoms with Gasteiger partial charge < -0.3 is 5.11 Å². The summed E-state index contributed by atoms with van der Waals surface area (Å²) in [6.45, 7) is 0. The molecule has 2 heteroatoms. The Morgan fingerprint density at radius 1 is 1.00 bits per heavy atom. The van der Waals surface area contributed by atoms with Crippen LogP contribution in [0.25, 0.3) is 0 Å². The molecule has 3 atom stereocenters. The molecule has 2 aromatic rings. The van der Waals surface area contributed by atoms with Gasteiger partial charge in [-0.2, -0.15) is 4.57 Å². The maximum absolute atomic E-state index is 10.3. The molecule has 1 aliphatic carbocycles. The van der Waals surface area contributed by atoms with E-state index in [1.807, 2.05) is 0 Å². The Morgan fingerprint density at radius 3 is 2.65 bits per heavy atom. The summed E-state index contributed by atoms with van der Waals surface area (Å²) in [5, 5.41) is 10.3. The normalized spacial score (nSPS) is 28.6. The van der Waals surface area contributed by atoms with Gasteiger partial charge in [0.25, 0.3) is 0 Å². The van der Waals surface area contributed by atoms with E-state index in [2.05, 4.69) is 53.2 Å². The summed E-state index contributed by atoms with van der Waals surface area (Å²) < 4.78 is 2.32. The Kier molecular flexibility index (Phi) is 1.75. The van der Waals surface area contributed by atoms with Crippen LogP contribution < -0.4 is 4.57 Å². The number of aliphatic hydroxyl groups is 1. The van der Waals surface area contributed by atoms with E-state index in [1.54, 1.807) is 0 Å². The highest BCUT2D eigenvalue weighted by Gasteiger charge is 2.48. The zero-order valence-electron chi connectivity index (χ0n) is 9.45. The number of benzene rings is 1. The second-order valence-electron chi connectivity index (χ2n) is 4.96. The minimum Gasteiger partial charge on any atom is -0.392 e. The highest BCUT2D eigenvalue weighted by Crippen LogP contribution is 2.44. The first-order chi connectivity index (χ1) is 8.36. The van der Waals surface area contributed by atoms with Gasteiger partial charge in [-0.1, -0.05) is 30.3 Å². The van der Waals surface area contributed by atoms with Gasteiger partial charge >= 0.3 is 0 Å². The van der Waals surface area contributed by atoms with Crippen molar-refractivity contribution in [3.8, 4) is 0 Å². The summed E-state index contributed by atoms with van der Waals surface area (Å²) in [6, 6.07) is 15.1. The van der Waals surface area contributed by atoms with Crippen LogP contribution in [0, 0.1) is 0 Å². The molecular weight excluding hydrogens is 210 g/mol. The summed E-state index contributed by atoms with van der Waals surface area (Å²) in [5.74, 6) is 0.150. The second kappa shape index (κ2) is 3.17. The molecule has 2 aliphatic heterocycles. The number of hydrogen-bond acceptors (Lipinski definition) is 1. The Morgan fingerprint density at radius 2 is 1.76 bits per heavy atom. The average molecular weight is 224 g/mol. The number of nitrogens with zero attached hydrogens (tertiary/aromatic N) is 1. The number of aliphatic hydroxyl groups excluding tert-OH is 1. The number of pyridine rings is 1. The highest BCUT2D eigenvalue weighted by atomic mass is 16.3. The Labute approximate surface area is 100 Å². The molecule has 17 heavy (non-hydrogen) atoms. The number of aromatic nitrogens is 1. The van der Waals surface area contributed by atoms with Crippen LogP contribution in [0.2, 0.25) is 0 Å². The SMILES string of the molecule is O[C@H]1C[C@@H]2c3ccccc3[C@H]1c1cccc[n+]12. The molecule has 84 valence electrons. The third kappa shape index (κ3) is 1.11. The number of fused-ring (bicyclic) bond motifs is 1. The molecule has 1 N–H and O–H groups in total. The summed E-state index contributed by atoms with van der Waals surface area (Å²) in [6.07, 6.45) is 2.73. The summed E-state index contributed by atoms with van der Waals surface area (Å²) in [7, 11) is 0. The van der Waals surface area contributed by atoms with Crippen molar-refractivity contribution in [1.29, 1.82) is 0 Å². The van der Waals surface area contributed by atoms with E-state index in [1.165, 1.54) is 16.8 Å². The predicted octanol–water partition coefficient (Wildman–Crippen LogP) is 1.77. The Balaban J connectivity index is 2.04. The van der Waals surface area contributed by atoms with Crippen molar-refractivity contribution < 1.29 is 9.67 Å². The first-order valence-electron chi connectivity index (χ1n) is 6.13. The smallest absolute Gasteiger partial charge is 0.192 e. The van der Waals surface area contributed by atoms with Crippen molar-refractivity contribution in [1.82, 2.24) is 0 Å². The highest BCUT2D eigenvalue weighted by molar-refractivity contribution is 5.41. The van der Waals surface area contributed by atoms with E-state index in [0.717, 1.165) is 6.42 Å². The van der Waals surface area contributed by atoms with E-state index in [-0.39, 0.29) is 12.0 Å². The van der Waals surface area contributed by atoms with E-state index in [9.17, 15) is 5.11 Å². The summed E-state index contributed by atoms with van der Waals surface area (Å²) in [5.41, 5.74) is 3.93. The molecule has 0 unspecified atom stereocenters. The van der Waals surface area contributed by atoms with E-state index < -0.39 is 0 Å². The third-order valence-corrected chi connectivity index (χ3v) is 4.12. The van der Waals surface area contributed by atoms with Gasteiger partial charge in [-0.05, 0) is 5.56 Å². The fourth-order valence-corrected chi connectivity index (χ4v) is 3.43. The van der Waals surface area contributed by atoms with Crippen LogP contribution in [-0.4, -0.2) is 11.2 Å². The molecule has 0 amide bonds. The standard InChI is InChI=1S/C15H14NO/c17-14-9-13-10-5-1-2-6-11(10)15(14)12-7-3-4-8-16(12)13/h1-8,13-15,17H,9H2/q+1/t13-,14+,15+/m1/s1. The molecule has 2 bridgehead atoms. The minimum atomic E-state index is -0.239. The van der Waals surface area contributed by atoms with Crippen molar-refractivity contribution in [2.24, 2.45) is 0 Å². The summed E-state index contributed by atoms with van der Waals surface area (Å²) >= 11 is 0. The van der Waals surface area contributed by atoms with Crippen LogP contribution in [0.1, 0.15) is 35.2 Å². The number of hydrogen-bond donors (Lipinski definition) is 1. The first kappa shape index (κ1) is 9.37. The molecule has 0 saturated heterocycles. The molecule has 5 rings (SSSR count). The van der Waals surface area contributed by atoms with E-state index in [0.29, 0.717) is 6.04 Å². The van der Waals surface area contributed by atoms with Crippen molar-refractivity contribution in [2.45, 2.75) is 24.5 Å². The molecule has 3 heterocycles. The van der Waals surface area contributed by atoms with E-state index >= 15 is 0 Å². The molecule has 1 aromatic carbocycles. The van der Waals surface area contributed by atoms with Crippen molar-refractivity contribution in [3.63, 3.8) is 0 Å². The zero-order chi connectivity index (χ0) is 11.4. The minimum absolute atomic E-state index is 0.150. The van der Waals surface area contributed by atoms with Gasteiger partial charge in [-0.3, -0.25) is 0 Å². The fraction of sp³-hybridized carbons (Fsp3) is 0.267. The zero-order valence-corrected chi connectivity index (χ0v) is 9.45. The second-order valence-corrected chi connectivity index (χ2v) is 4.96. The van der Waals surface area contributed by atoms with Crippen LogP contribution in [0.4, 0.5) is 0 Å². The lowest BCUT2D eigenvalue weighted by Crippen LogP contribution is -2.55. The van der Waals surface area contributed by atoms with Gasteiger partial charge in [0.05, 0.1) is 12.0 Å². The van der Waals surface area contributed by atoms with Gasteiger partial charge in [0, 0.05) is 24.1 Å². The average Bonchev–Trinajstić information content (AvgIpc) is 2.39. The van der Waals surface area contributed by atoms with Crippen LogP contribution in [0.3, 0.4) is 0 Å². The van der Waals surface area contributed by atoms with Crippen molar-refractivity contribution >= 4 is 0 Å². The summed E-state index contributed by atoms with van der Waals surface area (Å²) in [4.78, 5) is 0. The fourth-order valence-electron chi connectivity index (χ4n) is 3.43. The molecule has 0 radical (unpaired) electrons. The maximum atomic E-state index is 10.3. The maximum Gasteiger partial charge on any atom is 0.192 e. The van der Waals surface area contributed by atoms with Crippen LogP contribution in [-0.2, 0) is 0 Å². The predicted molar refractivity (Wildman–Crippen MR) is 63.7 cm³/mol. The third-order valence-electron chi connectivity index (χ3n) is 4.12. The van der Waals surface area contributed by atoms with E-state index in [4.69, 9.17) is 0 Å². The number of rotatable bonds is 0. The molecule has 0 fully saturated rings. The Hall–Kier alpha value is -1.67. The van der Waals surface area contributed by atoms with Crippen LogP contribution in [0.15, 0.2) is 48.7 Å². The first-order valence-corrected chi connectivity index (χ1v) is 6.13. The largest absolute Gasteiger partial charge is 0.392 e. The lowest BCUT2D eigenvalue weighted by Gasteiger charge is -2.37.